The van der Waals surface area contributed by atoms with Gasteiger partial charge in [-0.25, -0.2) is 0 Å². The number of hydrogen-bond donors (Lipinski definition) is 0. The van der Waals surface area contributed by atoms with Crippen LogP contribution in [-0.2, 0) is 10.8 Å². The minimum absolute atomic E-state index is 0.167. The third-order valence-corrected chi connectivity index (χ3v) is 7.50. The monoisotopic (exact) mass is 560 g/mol. The lowest BCUT2D eigenvalue weighted by Gasteiger charge is -2.55. The maximum atomic E-state index is 16.2. The van der Waals surface area contributed by atoms with Crippen molar-refractivity contribution in [1.29, 1.82) is 0 Å². The molecule has 1 aliphatic rings. The molecule has 8 heteroatoms. The van der Waals surface area contributed by atoms with E-state index in [2.05, 4.69) is 0 Å². The third-order valence-electron chi connectivity index (χ3n) is 7.50. The van der Waals surface area contributed by atoms with Crippen LogP contribution in [0.3, 0.4) is 0 Å². The molecule has 4 aromatic rings. The molecule has 0 radical (unpaired) electrons. The van der Waals surface area contributed by atoms with E-state index in [1.807, 2.05) is 41.5 Å². The lowest BCUT2D eigenvalue weighted by molar-refractivity contribution is -0.527. The number of hydrogen-bond acceptors (Lipinski definition) is 2. The first kappa shape index (κ1) is 28.1. The van der Waals surface area contributed by atoms with Crippen molar-refractivity contribution >= 4 is 21.5 Å². The third kappa shape index (κ3) is 3.71. The maximum Gasteiger partial charge on any atom is 0.395 e. The van der Waals surface area contributed by atoms with Crippen molar-refractivity contribution in [2.45, 2.75) is 75.9 Å². The van der Waals surface area contributed by atoms with Gasteiger partial charge >= 0.3 is 23.6 Å². The van der Waals surface area contributed by atoms with Gasteiger partial charge in [0.2, 0.25) is 0 Å². The van der Waals surface area contributed by atoms with Crippen LogP contribution in [0, 0.1) is 0 Å². The van der Waals surface area contributed by atoms with Gasteiger partial charge in [-0.1, -0.05) is 102 Å². The fraction of sp³-hybridized carbons (Fsp3) is 0.375. The molecule has 0 saturated heterocycles. The molecule has 1 saturated carbocycles. The molecule has 0 aromatic heterocycles. The lowest BCUT2D eigenvalue weighted by Crippen LogP contribution is -2.89. The normalized spacial score (nSPS) is 24.1. The van der Waals surface area contributed by atoms with Gasteiger partial charge in [0.1, 0.15) is 11.5 Å². The fourth-order valence-electron chi connectivity index (χ4n) is 5.34. The molecule has 5 rings (SSSR count). The van der Waals surface area contributed by atoms with Crippen molar-refractivity contribution < 1.29 is 35.8 Å². The van der Waals surface area contributed by atoms with Gasteiger partial charge in [-0.3, -0.25) is 0 Å². The largest absolute Gasteiger partial charge is 0.446 e. The summed E-state index contributed by atoms with van der Waals surface area (Å²) in [4.78, 5) is 0. The Morgan fingerprint density at radius 1 is 0.450 bits per heavy atom. The van der Waals surface area contributed by atoms with Gasteiger partial charge in [0, 0.05) is 10.8 Å². The highest BCUT2D eigenvalue weighted by Gasteiger charge is 3.03. The van der Waals surface area contributed by atoms with Crippen LogP contribution in [0.25, 0.3) is 21.5 Å². The van der Waals surface area contributed by atoms with Crippen LogP contribution in [0.15, 0.2) is 72.8 Å². The number of fused-ring (bicyclic) bond motifs is 2. The Labute approximate surface area is 228 Å². The van der Waals surface area contributed by atoms with Crippen LogP contribution in [0.2, 0.25) is 0 Å². The highest BCUT2D eigenvalue weighted by atomic mass is 19.3. The zero-order valence-corrected chi connectivity index (χ0v) is 23.0. The molecular weight excluding hydrogens is 530 g/mol. The summed E-state index contributed by atoms with van der Waals surface area (Å²) in [6.45, 7) is 11.5. The van der Waals surface area contributed by atoms with Crippen molar-refractivity contribution in [3.63, 3.8) is 0 Å². The molecule has 0 amide bonds. The minimum Gasteiger partial charge on any atom is -0.446 e. The van der Waals surface area contributed by atoms with Crippen LogP contribution >= 0.6 is 0 Å². The standard InChI is InChI=1S/C32H30F6O2/c1-27(2,3)23-15-17-25(21-13-9-7-11-19(21)23)39-31(37)29(33,34)30(35,36)32(31,38)40-26-18-16-24(28(4,5)6)20-12-8-10-14-22(20)26/h7-18H,1-6H3. The van der Waals surface area contributed by atoms with E-state index < -0.39 is 45.9 Å². The Morgan fingerprint density at radius 3 is 1.05 bits per heavy atom. The predicted octanol–water partition coefficient (Wildman–Crippen LogP) is 9.66. The quantitative estimate of drug-likeness (QED) is 0.231. The van der Waals surface area contributed by atoms with Gasteiger partial charge in [0.05, 0.1) is 0 Å². The Bertz CT molecular complexity index is 1500. The molecule has 0 N–H and O–H groups in total. The van der Waals surface area contributed by atoms with Crippen LogP contribution in [0.1, 0.15) is 52.7 Å². The van der Waals surface area contributed by atoms with Gasteiger partial charge in [-0.15, -0.1) is 0 Å². The molecule has 1 fully saturated rings. The van der Waals surface area contributed by atoms with E-state index in [1.54, 1.807) is 36.4 Å². The van der Waals surface area contributed by atoms with Gasteiger partial charge in [0.15, 0.2) is 0 Å². The molecule has 1 aliphatic carbocycles. The smallest absolute Gasteiger partial charge is 0.395 e. The summed E-state index contributed by atoms with van der Waals surface area (Å²) in [5, 5.41) is 1.39. The number of benzene rings is 4. The summed E-state index contributed by atoms with van der Waals surface area (Å²) >= 11 is 0. The summed E-state index contributed by atoms with van der Waals surface area (Å²) in [6.07, 6.45) is 0. The highest BCUT2D eigenvalue weighted by molar-refractivity contribution is 5.93. The highest BCUT2D eigenvalue weighted by Crippen LogP contribution is 2.68. The van der Waals surface area contributed by atoms with Gasteiger partial charge in [-0.05, 0) is 44.9 Å². The average molecular weight is 561 g/mol. The molecule has 2 unspecified atom stereocenters. The van der Waals surface area contributed by atoms with E-state index in [1.165, 1.54) is 36.4 Å². The van der Waals surface area contributed by atoms with Crippen molar-refractivity contribution in [2.24, 2.45) is 0 Å². The van der Waals surface area contributed by atoms with Crippen molar-refractivity contribution in [2.75, 3.05) is 0 Å². The van der Waals surface area contributed by atoms with Gasteiger partial charge in [0.25, 0.3) is 0 Å². The second-order valence-electron chi connectivity index (χ2n) is 12.4. The zero-order chi connectivity index (χ0) is 29.5. The first-order chi connectivity index (χ1) is 18.4. The zero-order valence-electron chi connectivity index (χ0n) is 23.0. The fourth-order valence-corrected chi connectivity index (χ4v) is 5.34. The molecule has 0 spiro atoms. The van der Waals surface area contributed by atoms with E-state index in [-0.39, 0.29) is 10.8 Å². The van der Waals surface area contributed by atoms with Crippen LogP contribution < -0.4 is 9.47 Å². The number of rotatable bonds is 4. The number of ether oxygens (including phenoxy) is 2. The topological polar surface area (TPSA) is 18.5 Å². The summed E-state index contributed by atoms with van der Waals surface area (Å²) in [5.74, 6) is -21.8. The van der Waals surface area contributed by atoms with E-state index in [0.717, 1.165) is 11.1 Å². The maximum absolute atomic E-state index is 16.2. The summed E-state index contributed by atoms with van der Waals surface area (Å²) in [7, 11) is 0. The first-order valence-electron chi connectivity index (χ1n) is 12.9. The van der Waals surface area contributed by atoms with Crippen molar-refractivity contribution in [1.82, 2.24) is 0 Å². The van der Waals surface area contributed by atoms with Crippen LogP contribution in [0.4, 0.5) is 26.3 Å². The van der Waals surface area contributed by atoms with Crippen molar-refractivity contribution in [3.8, 4) is 11.5 Å². The predicted molar refractivity (Wildman–Crippen MR) is 144 cm³/mol. The van der Waals surface area contributed by atoms with Crippen LogP contribution in [0.5, 0.6) is 11.5 Å². The Hall–Kier alpha value is -3.42. The molecule has 0 bridgehead atoms. The Morgan fingerprint density at radius 2 is 0.750 bits per heavy atom. The molecule has 4 aromatic carbocycles. The first-order valence-corrected chi connectivity index (χ1v) is 12.9. The van der Waals surface area contributed by atoms with Crippen LogP contribution in [-0.4, -0.2) is 23.6 Å². The SMILES string of the molecule is CC(C)(C)c1ccc(OC2(F)C(F)(F)C(F)(F)C2(F)Oc2ccc(C(C)(C)C)c3ccccc23)c2ccccc12. The summed E-state index contributed by atoms with van der Waals surface area (Å²) in [5.41, 5.74) is 0.766. The summed E-state index contributed by atoms with van der Waals surface area (Å²) < 4.78 is 102. The van der Waals surface area contributed by atoms with Crippen molar-refractivity contribution in [3.05, 3.63) is 83.9 Å². The molecular formula is C32H30F6O2. The molecule has 2 atom stereocenters. The number of alkyl halides is 6. The molecule has 0 aliphatic heterocycles. The number of halogens is 6. The Balaban J connectivity index is 1.64. The summed E-state index contributed by atoms with van der Waals surface area (Å²) in [6, 6.07) is 18.2. The minimum atomic E-state index is -5.54. The molecule has 40 heavy (non-hydrogen) atoms. The Kier molecular flexibility index (Phi) is 6.00. The van der Waals surface area contributed by atoms with E-state index in [4.69, 9.17) is 9.47 Å². The van der Waals surface area contributed by atoms with E-state index >= 15 is 8.78 Å². The molecule has 0 heterocycles. The average Bonchev–Trinajstić information content (AvgIpc) is 2.86. The van der Waals surface area contributed by atoms with Gasteiger partial charge < -0.3 is 9.47 Å². The second-order valence-corrected chi connectivity index (χ2v) is 12.4. The molecule has 2 nitrogen and oxygen atoms in total. The molecule has 212 valence electrons. The van der Waals surface area contributed by atoms with E-state index in [9.17, 15) is 17.6 Å². The lowest BCUT2D eigenvalue weighted by atomic mass is 9.76. The van der Waals surface area contributed by atoms with E-state index in [0.29, 0.717) is 10.8 Å². The second kappa shape index (κ2) is 8.54. The van der Waals surface area contributed by atoms with Gasteiger partial charge in [-0.2, -0.15) is 26.3 Å².